The summed E-state index contributed by atoms with van der Waals surface area (Å²) in [5, 5.41) is 19.7. The van der Waals surface area contributed by atoms with Crippen molar-refractivity contribution < 1.29 is 0 Å². The Bertz CT molecular complexity index is 496. The van der Waals surface area contributed by atoms with Crippen LogP contribution in [-0.4, -0.2) is 27.0 Å². The molecule has 2 rings (SSSR count). The normalized spacial score (nSPS) is 9.60. The molecule has 0 aromatic carbocycles. The number of nitrogens with zero attached hydrogens (tertiary/aromatic N) is 5. The van der Waals surface area contributed by atoms with Crippen LogP contribution in [-0.2, 0) is 0 Å². The third kappa shape index (κ3) is 1.62. The van der Waals surface area contributed by atoms with Crippen molar-refractivity contribution in [2.75, 3.05) is 12.4 Å². The van der Waals surface area contributed by atoms with Crippen LogP contribution in [0.4, 0.5) is 5.69 Å². The Morgan fingerprint density at radius 3 is 2.73 bits per heavy atom. The highest BCUT2D eigenvalue weighted by Gasteiger charge is 2.07. The largest absolute Gasteiger partial charge is 0.387 e. The Morgan fingerprint density at radius 2 is 2.13 bits per heavy atom. The fourth-order valence-corrected chi connectivity index (χ4v) is 1.16. The van der Waals surface area contributed by atoms with Gasteiger partial charge in [-0.1, -0.05) is 0 Å². The van der Waals surface area contributed by atoms with Gasteiger partial charge >= 0.3 is 0 Å². The first-order valence-electron chi connectivity index (χ1n) is 4.29. The maximum Gasteiger partial charge on any atom is 0.192 e. The van der Waals surface area contributed by atoms with Crippen LogP contribution in [0.15, 0.2) is 24.7 Å². The smallest absolute Gasteiger partial charge is 0.192 e. The van der Waals surface area contributed by atoms with Crippen LogP contribution in [0.5, 0.6) is 0 Å². The van der Waals surface area contributed by atoms with Crippen molar-refractivity contribution in [1.29, 1.82) is 5.26 Å². The van der Waals surface area contributed by atoms with Crippen molar-refractivity contribution in [3.8, 4) is 11.9 Å². The molecule has 0 amide bonds. The summed E-state index contributed by atoms with van der Waals surface area (Å²) < 4.78 is 0. The zero-order valence-corrected chi connectivity index (χ0v) is 8.05. The second kappa shape index (κ2) is 3.75. The topological polar surface area (TPSA) is 79.4 Å². The van der Waals surface area contributed by atoms with E-state index in [1.807, 2.05) is 0 Å². The fraction of sp³-hybridized carbons (Fsp3) is 0.111. The van der Waals surface area contributed by atoms with Crippen molar-refractivity contribution in [3.05, 3.63) is 30.2 Å². The van der Waals surface area contributed by atoms with Crippen molar-refractivity contribution in [1.82, 2.24) is 20.0 Å². The summed E-state index contributed by atoms with van der Waals surface area (Å²) >= 11 is 0. The number of pyridine rings is 1. The van der Waals surface area contributed by atoms with E-state index in [4.69, 9.17) is 5.26 Å². The van der Waals surface area contributed by atoms with E-state index in [0.717, 1.165) is 5.69 Å². The summed E-state index contributed by atoms with van der Waals surface area (Å²) in [6, 6.07) is 3.76. The minimum absolute atomic E-state index is 0.429. The van der Waals surface area contributed by atoms with Gasteiger partial charge in [-0.2, -0.15) is 15.5 Å². The van der Waals surface area contributed by atoms with Crippen LogP contribution in [0.1, 0.15) is 5.56 Å². The number of hydrogen-bond acceptors (Lipinski definition) is 5. The van der Waals surface area contributed by atoms with E-state index in [2.05, 4.69) is 26.6 Å². The zero-order valence-electron chi connectivity index (χ0n) is 8.05. The van der Waals surface area contributed by atoms with Crippen LogP contribution in [0.2, 0.25) is 0 Å². The molecule has 0 aliphatic rings. The zero-order chi connectivity index (χ0) is 10.7. The summed E-state index contributed by atoms with van der Waals surface area (Å²) in [5.74, 6) is 0.432. The highest BCUT2D eigenvalue weighted by atomic mass is 15.5. The van der Waals surface area contributed by atoms with Gasteiger partial charge in [0.2, 0.25) is 0 Å². The number of anilines is 1. The lowest BCUT2D eigenvalue weighted by molar-refractivity contribution is 0.727. The quantitative estimate of drug-likeness (QED) is 0.766. The molecule has 15 heavy (non-hydrogen) atoms. The van der Waals surface area contributed by atoms with Crippen molar-refractivity contribution in [3.63, 3.8) is 0 Å². The van der Waals surface area contributed by atoms with Crippen LogP contribution in [0.3, 0.4) is 0 Å². The molecule has 0 saturated heterocycles. The Kier molecular flexibility index (Phi) is 2.29. The van der Waals surface area contributed by atoms with Gasteiger partial charge in [-0.15, -0.1) is 4.80 Å². The predicted octanol–water partition coefficient (Wildman–Crippen LogP) is 0.576. The van der Waals surface area contributed by atoms with Gasteiger partial charge in [0.1, 0.15) is 11.6 Å². The lowest BCUT2D eigenvalue weighted by Crippen LogP contribution is -2.05. The average molecular weight is 200 g/mol. The second-order valence-electron chi connectivity index (χ2n) is 2.78. The highest BCUT2D eigenvalue weighted by Crippen LogP contribution is 2.13. The fourth-order valence-electron chi connectivity index (χ4n) is 1.16. The number of rotatable bonds is 2. The van der Waals surface area contributed by atoms with E-state index in [0.29, 0.717) is 11.4 Å². The minimum Gasteiger partial charge on any atom is -0.387 e. The van der Waals surface area contributed by atoms with E-state index in [1.54, 1.807) is 19.3 Å². The van der Waals surface area contributed by atoms with E-state index in [-0.39, 0.29) is 0 Å². The molecule has 0 spiro atoms. The molecule has 0 aliphatic heterocycles. The molecule has 0 radical (unpaired) electrons. The van der Waals surface area contributed by atoms with E-state index in [9.17, 15) is 0 Å². The monoisotopic (exact) mass is 200 g/mol. The number of nitrogens with one attached hydrogen (secondary N) is 1. The first-order valence-corrected chi connectivity index (χ1v) is 4.29. The lowest BCUT2D eigenvalue weighted by Gasteiger charge is -2.03. The molecule has 6 nitrogen and oxygen atoms in total. The third-order valence-corrected chi connectivity index (χ3v) is 1.88. The molecule has 0 unspecified atom stereocenters. The molecule has 0 aliphatic carbocycles. The lowest BCUT2D eigenvalue weighted by atomic mass is 10.2. The molecule has 2 aromatic heterocycles. The van der Waals surface area contributed by atoms with E-state index in [1.165, 1.54) is 17.2 Å². The van der Waals surface area contributed by atoms with Crippen molar-refractivity contribution in [2.24, 2.45) is 0 Å². The molecule has 2 heterocycles. The first-order chi connectivity index (χ1) is 7.35. The summed E-state index contributed by atoms with van der Waals surface area (Å²) in [6.07, 6.45) is 4.70. The Hall–Kier alpha value is -2.42. The molecule has 0 saturated carbocycles. The van der Waals surface area contributed by atoms with Crippen LogP contribution in [0.25, 0.3) is 5.82 Å². The highest BCUT2D eigenvalue weighted by molar-refractivity contribution is 5.52. The minimum atomic E-state index is 0.429. The molecular formula is C9H8N6. The van der Waals surface area contributed by atoms with Gasteiger partial charge in [0, 0.05) is 7.05 Å². The SMILES string of the molecule is CNc1cnc(-n2nccn2)c(C#N)c1. The molecule has 0 fully saturated rings. The van der Waals surface area contributed by atoms with Crippen molar-refractivity contribution in [2.45, 2.75) is 0 Å². The first kappa shape index (κ1) is 9.15. The third-order valence-electron chi connectivity index (χ3n) is 1.88. The van der Waals surface area contributed by atoms with Gasteiger partial charge < -0.3 is 5.32 Å². The van der Waals surface area contributed by atoms with Gasteiger partial charge in [-0.05, 0) is 6.07 Å². The number of hydrogen-bond donors (Lipinski definition) is 1. The molecule has 0 bridgehead atoms. The Morgan fingerprint density at radius 1 is 1.40 bits per heavy atom. The standard InChI is InChI=1S/C9H8N6/c1-11-8-4-7(5-10)9(12-6-8)15-13-2-3-14-15/h2-4,6,11H,1H3. The van der Waals surface area contributed by atoms with Gasteiger partial charge in [0.05, 0.1) is 24.3 Å². The molecule has 6 heteroatoms. The molecular weight excluding hydrogens is 192 g/mol. The second-order valence-corrected chi connectivity index (χ2v) is 2.78. The maximum atomic E-state index is 8.95. The maximum absolute atomic E-state index is 8.95. The Labute approximate surface area is 86.2 Å². The van der Waals surface area contributed by atoms with E-state index >= 15 is 0 Å². The van der Waals surface area contributed by atoms with Crippen LogP contribution >= 0.6 is 0 Å². The van der Waals surface area contributed by atoms with E-state index < -0.39 is 0 Å². The van der Waals surface area contributed by atoms with Gasteiger partial charge in [-0.3, -0.25) is 0 Å². The molecule has 2 aromatic rings. The van der Waals surface area contributed by atoms with Crippen LogP contribution < -0.4 is 5.32 Å². The van der Waals surface area contributed by atoms with Gasteiger partial charge in [0.15, 0.2) is 5.82 Å². The summed E-state index contributed by atoms with van der Waals surface area (Å²) in [5.41, 5.74) is 1.21. The number of aromatic nitrogens is 4. The van der Waals surface area contributed by atoms with Crippen molar-refractivity contribution >= 4 is 5.69 Å². The summed E-state index contributed by atoms with van der Waals surface area (Å²) in [4.78, 5) is 5.43. The summed E-state index contributed by atoms with van der Waals surface area (Å²) in [7, 11) is 1.77. The number of nitriles is 1. The summed E-state index contributed by atoms with van der Waals surface area (Å²) in [6.45, 7) is 0. The Balaban J connectivity index is 2.54. The average Bonchev–Trinajstić information content (AvgIpc) is 2.81. The van der Waals surface area contributed by atoms with Gasteiger partial charge in [0.25, 0.3) is 0 Å². The van der Waals surface area contributed by atoms with Crippen LogP contribution in [0, 0.1) is 11.3 Å². The molecule has 74 valence electrons. The molecule has 0 atom stereocenters. The predicted molar refractivity (Wildman–Crippen MR) is 53.4 cm³/mol. The molecule has 1 N–H and O–H groups in total. The van der Waals surface area contributed by atoms with Gasteiger partial charge in [-0.25, -0.2) is 4.98 Å².